The molecule has 1 saturated heterocycles. The number of hydrogen-bond donors (Lipinski definition) is 1. The normalized spacial score (nSPS) is 20.8. The van der Waals surface area contributed by atoms with Crippen molar-refractivity contribution in [2.75, 3.05) is 13.1 Å². The zero-order valence-electron chi connectivity index (χ0n) is 7.85. The van der Waals surface area contributed by atoms with E-state index in [1.54, 1.807) is 13.8 Å². The van der Waals surface area contributed by atoms with Gasteiger partial charge in [0, 0.05) is 0 Å². The van der Waals surface area contributed by atoms with Crippen molar-refractivity contribution in [2.45, 2.75) is 38.6 Å². The van der Waals surface area contributed by atoms with Crippen molar-refractivity contribution in [3.63, 3.8) is 0 Å². The average Bonchev–Trinajstić information content (AvgIpc) is 2.06. The summed E-state index contributed by atoms with van der Waals surface area (Å²) in [5.41, 5.74) is -0.708. The molecule has 1 fully saturated rings. The van der Waals surface area contributed by atoms with Crippen LogP contribution < -0.4 is 10.0 Å². The maximum absolute atomic E-state index is 10.8. The Kier molecular flexibility index (Phi) is 2.73. The number of carboxylic acid groups (broad SMARTS) is 1. The standard InChI is InChI=1S/C9H17NO2/c1-9(2,8(11)12)10-6-4-3-5-7-10/h3-7H2,1-2H3,(H,11,12). The number of quaternary nitrogens is 1. The van der Waals surface area contributed by atoms with Crippen LogP contribution in [0.15, 0.2) is 0 Å². The molecular weight excluding hydrogens is 154 g/mol. The van der Waals surface area contributed by atoms with Crippen LogP contribution in [-0.2, 0) is 4.79 Å². The van der Waals surface area contributed by atoms with Crippen molar-refractivity contribution >= 4 is 5.97 Å². The molecule has 0 aromatic rings. The minimum Gasteiger partial charge on any atom is -0.544 e. The average molecular weight is 171 g/mol. The molecule has 0 saturated carbocycles. The van der Waals surface area contributed by atoms with Gasteiger partial charge < -0.3 is 14.8 Å². The quantitative estimate of drug-likeness (QED) is 0.554. The van der Waals surface area contributed by atoms with Gasteiger partial charge >= 0.3 is 0 Å². The molecule has 1 aliphatic heterocycles. The van der Waals surface area contributed by atoms with Gasteiger partial charge in [-0.3, -0.25) is 0 Å². The van der Waals surface area contributed by atoms with E-state index in [2.05, 4.69) is 0 Å². The lowest BCUT2D eigenvalue weighted by Gasteiger charge is -2.38. The van der Waals surface area contributed by atoms with Crippen molar-refractivity contribution in [1.82, 2.24) is 0 Å². The van der Waals surface area contributed by atoms with Crippen molar-refractivity contribution < 1.29 is 14.8 Å². The van der Waals surface area contributed by atoms with E-state index in [1.807, 2.05) is 0 Å². The van der Waals surface area contributed by atoms with Crippen LogP contribution in [0.25, 0.3) is 0 Å². The minimum absolute atomic E-state index is 0.708. The Morgan fingerprint density at radius 2 is 1.75 bits per heavy atom. The highest BCUT2D eigenvalue weighted by Gasteiger charge is 2.32. The van der Waals surface area contributed by atoms with Gasteiger partial charge in [-0.15, -0.1) is 0 Å². The number of aliphatic carboxylic acids is 1. The summed E-state index contributed by atoms with van der Waals surface area (Å²) >= 11 is 0. The van der Waals surface area contributed by atoms with Gasteiger partial charge in [0.1, 0.15) is 11.5 Å². The molecule has 70 valence electrons. The fraction of sp³-hybridized carbons (Fsp3) is 0.889. The first kappa shape index (κ1) is 9.52. The van der Waals surface area contributed by atoms with Crippen LogP contribution in [0, 0.1) is 0 Å². The summed E-state index contributed by atoms with van der Waals surface area (Å²) in [6.07, 6.45) is 3.53. The molecule has 12 heavy (non-hydrogen) atoms. The Morgan fingerprint density at radius 1 is 1.25 bits per heavy atom. The second kappa shape index (κ2) is 3.44. The summed E-state index contributed by atoms with van der Waals surface area (Å²) < 4.78 is 0. The van der Waals surface area contributed by atoms with Crippen LogP contribution in [0.3, 0.4) is 0 Å². The van der Waals surface area contributed by atoms with Gasteiger partial charge in [-0.1, -0.05) is 0 Å². The molecule has 0 unspecified atom stereocenters. The number of rotatable bonds is 2. The van der Waals surface area contributed by atoms with Crippen LogP contribution in [0.4, 0.5) is 0 Å². The van der Waals surface area contributed by atoms with Crippen molar-refractivity contribution in [3.8, 4) is 0 Å². The third-order valence-electron chi connectivity index (χ3n) is 2.85. The number of nitrogens with one attached hydrogen (secondary N) is 1. The maximum Gasteiger partial charge on any atom is 0.132 e. The Balaban J connectivity index is 2.59. The molecule has 0 spiro atoms. The Bertz CT molecular complexity index is 171. The fourth-order valence-electron chi connectivity index (χ4n) is 1.75. The molecule has 0 amide bonds. The summed E-state index contributed by atoms with van der Waals surface area (Å²) in [4.78, 5) is 11.9. The molecule has 0 aliphatic carbocycles. The highest BCUT2D eigenvalue weighted by molar-refractivity contribution is 5.73. The topological polar surface area (TPSA) is 44.6 Å². The predicted molar refractivity (Wildman–Crippen MR) is 43.6 cm³/mol. The van der Waals surface area contributed by atoms with E-state index in [4.69, 9.17) is 0 Å². The van der Waals surface area contributed by atoms with Crippen molar-refractivity contribution in [3.05, 3.63) is 0 Å². The summed E-state index contributed by atoms with van der Waals surface area (Å²) in [5, 5.41) is 10.8. The van der Waals surface area contributed by atoms with E-state index < -0.39 is 11.5 Å². The highest BCUT2D eigenvalue weighted by Crippen LogP contribution is 2.01. The van der Waals surface area contributed by atoms with Crippen LogP contribution >= 0.6 is 0 Å². The second-order valence-electron chi connectivity index (χ2n) is 4.08. The molecule has 0 bridgehead atoms. The van der Waals surface area contributed by atoms with E-state index in [9.17, 15) is 9.90 Å². The largest absolute Gasteiger partial charge is 0.544 e. The smallest absolute Gasteiger partial charge is 0.132 e. The lowest BCUT2D eigenvalue weighted by molar-refractivity contribution is -0.945. The molecule has 1 N–H and O–H groups in total. The van der Waals surface area contributed by atoms with Gasteiger partial charge in [-0.25, -0.2) is 0 Å². The number of carbonyl (C=O) groups is 1. The van der Waals surface area contributed by atoms with E-state index in [-0.39, 0.29) is 0 Å². The first-order valence-corrected chi connectivity index (χ1v) is 4.62. The number of piperidine rings is 1. The molecule has 3 nitrogen and oxygen atoms in total. The van der Waals surface area contributed by atoms with Crippen LogP contribution in [-0.4, -0.2) is 24.6 Å². The molecule has 3 heteroatoms. The zero-order valence-corrected chi connectivity index (χ0v) is 7.85. The van der Waals surface area contributed by atoms with Crippen molar-refractivity contribution in [2.24, 2.45) is 0 Å². The predicted octanol–water partition coefficient (Wildman–Crippen LogP) is -1.42. The van der Waals surface area contributed by atoms with Crippen LogP contribution in [0.5, 0.6) is 0 Å². The molecule has 0 radical (unpaired) electrons. The molecule has 1 heterocycles. The lowest BCUT2D eigenvalue weighted by Crippen LogP contribution is -3.21. The molecule has 1 aliphatic rings. The number of hydrogen-bond acceptors (Lipinski definition) is 2. The Hall–Kier alpha value is -0.570. The SMILES string of the molecule is CC(C)(C(=O)[O-])[NH+]1CCCCC1. The highest BCUT2D eigenvalue weighted by atomic mass is 16.4. The van der Waals surface area contributed by atoms with Crippen LogP contribution in [0.2, 0.25) is 0 Å². The van der Waals surface area contributed by atoms with Gasteiger partial charge in [-0.2, -0.15) is 0 Å². The third kappa shape index (κ3) is 1.78. The fourth-order valence-corrected chi connectivity index (χ4v) is 1.75. The van der Waals surface area contributed by atoms with E-state index >= 15 is 0 Å². The van der Waals surface area contributed by atoms with Gasteiger partial charge in [-0.05, 0) is 33.1 Å². The molecule has 0 aromatic carbocycles. The summed E-state index contributed by atoms with van der Waals surface area (Å²) in [7, 11) is 0. The van der Waals surface area contributed by atoms with Gasteiger partial charge in [0.25, 0.3) is 0 Å². The Labute approximate surface area is 73.4 Å². The summed E-state index contributed by atoms with van der Waals surface area (Å²) in [6.45, 7) is 5.45. The zero-order chi connectivity index (χ0) is 9.19. The monoisotopic (exact) mass is 171 g/mol. The van der Waals surface area contributed by atoms with Crippen molar-refractivity contribution in [1.29, 1.82) is 0 Å². The van der Waals surface area contributed by atoms with E-state index in [1.165, 1.54) is 6.42 Å². The van der Waals surface area contributed by atoms with Crippen LogP contribution in [0.1, 0.15) is 33.1 Å². The summed E-state index contributed by atoms with van der Waals surface area (Å²) in [6, 6.07) is 0. The van der Waals surface area contributed by atoms with Gasteiger partial charge in [0.15, 0.2) is 0 Å². The molecule has 1 rings (SSSR count). The first-order chi connectivity index (χ1) is 5.55. The Morgan fingerprint density at radius 3 is 2.17 bits per heavy atom. The van der Waals surface area contributed by atoms with Gasteiger partial charge in [0.05, 0.1) is 13.1 Å². The minimum atomic E-state index is -0.931. The third-order valence-corrected chi connectivity index (χ3v) is 2.85. The summed E-state index contributed by atoms with van der Waals surface area (Å²) in [5.74, 6) is -0.931. The molecular formula is C9H17NO2. The van der Waals surface area contributed by atoms with E-state index in [0.717, 1.165) is 30.8 Å². The molecule has 0 atom stereocenters. The van der Waals surface area contributed by atoms with E-state index in [0.29, 0.717) is 0 Å². The number of likely N-dealkylation sites (tertiary alicyclic amines) is 1. The molecule has 0 aromatic heterocycles. The second-order valence-corrected chi connectivity index (χ2v) is 4.08. The number of carboxylic acids is 1. The van der Waals surface area contributed by atoms with Gasteiger partial charge in [0.2, 0.25) is 0 Å². The maximum atomic E-state index is 10.8. The first-order valence-electron chi connectivity index (χ1n) is 4.62. The lowest BCUT2D eigenvalue weighted by atomic mass is 9.99. The number of carbonyl (C=O) groups excluding carboxylic acids is 1.